The second-order valence-electron chi connectivity index (χ2n) is 4.61. The van der Waals surface area contributed by atoms with Crippen LogP contribution in [0.1, 0.15) is 33.3 Å². The number of ether oxygens (including phenoxy) is 2. The van der Waals surface area contributed by atoms with Gasteiger partial charge in [-0.1, -0.05) is 12.1 Å². The third-order valence-electron chi connectivity index (χ3n) is 2.62. The van der Waals surface area contributed by atoms with Gasteiger partial charge in [0.15, 0.2) is 11.5 Å². The monoisotopic (exact) mass is 250 g/mol. The second-order valence-corrected chi connectivity index (χ2v) is 4.61. The zero-order valence-electron chi connectivity index (χ0n) is 11.7. The molecule has 100 valence electrons. The molecule has 1 atom stereocenters. The first-order valence-corrected chi connectivity index (χ1v) is 6.15. The zero-order chi connectivity index (χ0) is 13.7. The fourth-order valence-corrected chi connectivity index (χ4v) is 1.53. The summed E-state index contributed by atoms with van der Waals surface area (Å²) in [6.45, 7) is 7.58. The molecule has 3 nitrogen and oxygen atoms in total. The fraction of sp³-hybridized carbons (Fsp3) is 0.467. The lowest BCUT2D eigenvalue weighted by molar-refractivity contribution is 0.228. The average Bonchev–Trinajstić information content (AvgIpc) is 2.30. The van der Waals surface area contributed by atoms with Crippen molar-refractivity contribution in [3.63, 3.8) is 0 Å². The molecule has 0 saturated carbocycles. The van der Waals surface area contributed by atoms with Crippen molar-refractivity contribution >= 4 is 6.08 Å². The van der Waals surface area contributed by atoms with E-state index >= 15 is 0 Å². The first-order valence-electron chi connectivity index (χ1n) is 6.15. The van der Waals surface area contributed by atoms with E-state index in [0.29, 0.717) is 5.75 Å². The lowest BCUT2D eigenvalue weighted by atomic mass is 10.1. The van der Waals surface area contributed by atoms with Gasteiger partial charge < -0.3 is 14.6 Å². The van der Waals surface area contributed by atoms with Crippen LogP contribution in [-0.2, 0) is 0 Å². The molecule has 1 N–H and O–H groups in total. The van der Waals surface area contributed by atoms with E-state index in [4.69, 9.17) is 9.47 Å². The molecule has 0 fully saturated rings. The Morgan fingerprint density at radius 2 is 1.94 bits per heavy atom. The van der Waals surface area contributed by atoms with Gasteiger partial charge in [0.2, 0.25) is 0 Å². The number of rotatable bonds is 5. The molecule has 0 saturated heterocycles. The minimum Gasteiger partial charge on any atom is -0.493 e. The van der Waals surface area contributed by atoms with Gasteiger partial charge in [-0.2, -0.15) is 0 Å². The standard InChI is InChI=1S/C15H22O3/c1-10(2)18-15-13(9-11(3)12(4)16)7-6-8-14(15)17-5/h6-10,12,16H,1-5H3/b11-9-. The molecular formula is C15H22O3. The minimum atomic E-state index is -0.469. The second kappa shape index (κ2) is 6.45. The molecule has 1 unspecified atom stereocenters. The number of aliphatic hydroxyl groups excluding tert-OH is 1. The number of aliphatic hydroxyl groups is 1. The molecule has 0 aliphatic rings. The van der Waals surface area contributed by atoms with Crippen LogP contribution in [0.25, 0.3) is 6.08 Å². The summed E-state index contributed by atoms with van der Waals surface area (Å²) >= 11 is 0. The highest BCUT2D eigenvalue weighted by Crippen LogP contribution is 2.33. The molecular weight excluding hydrogens is 228 g/mol. The Kier molecular flexibility index (Phi) is 5.23. The normalized spacial score (nSPS) is 13.6. The molecule has 1 aromatic rings. The average molecular weight is 250 g/mol. The van der Waals surface area contributed by atoms with Crippen molar-refractivity contribution in [1.82, 2.24) is 0 Å². The van der Waals surface area contributed by atoms with E-state index in [1.807, 2.05) is 45.0 Å². The highest BCUT2D eigenvalue weighted by atomic mass is 16.5. The van der Waals surface area contributed by atoms with Crippen LogP contribution < -0.4 is 9.47 Å². The van der Waals surface area contributed by atoms with E-state index in [0.717, 1.165) is 16.9 Å². The van der Waals surface area contributed by atoms with Crippen molar-refractivity contribution in [2.24, 2.45) is 0 Å². The van der Waals surface area contributed by atoms with Gasteiger partial charge in [0.1, 0.15) is 0 Å². The van der Waals surface area contributed by atoms with Crippen LogP contribution in [-0.4, -0.2) is 24.4 Å². The highest BCUT2D eigenvalue weighted by molar-refractivity contribution is 5.64. The van der Waals surface area contributed by atoms with Crippen molar-refractivity contribution in [3.05, 3.63) is 29.3 Å². The van der Waals surface area contributed by atoms with Crippen molar-refractivity contribution < 1.29 is 14.6 Å². The zero-order valence-corrected chi connectivity index (χ0v) is 11.7. The van der Waals surface area contributed by atoms with Crippen LogP contribution in [0.15, 0.2) is 23.8 Å². The Hall–Kier alpha value is -1.48. The predicted molar refractivity (Wildman–Crippen MR) is 74.1 cm³/mol. The van der Waals surface area contributed by atoms with Crippen molar-refractivity contribution in [2.45, 2.75) is 39.9 Å². The van der Waals surface area contributed by atoms with E-state index in [1.165, 1.54) is 0 Å². The lowest BCUT2D eigenvalue weighted by Gasteiger charge is -2.16. The van der Waals surface area contributed by atoms with E-state index in [2.05, 4.69) is 0 Å². The minimum absolute atomic E-state index is 0.0697. The molecule has 0 heterocycles. The van der Waals surface area contributed by atoms with Crippen LogP contribution in [0.5, 0.6) is 11.5 Å². The number of methoxy groups -OCH3 is 1. The summed E-state index contributed by atoms with van der Waals surface area (Å²) in [7, 11) is 1.62. The van der Waals surface area contributed by atoms with Gasteiger partial charge in [0, 0.05) is 5.56 Å². The van der Waals surface area contributed by atoms with Gasteiger partial charge in [-0.3, -0.25) is 0 Å². The molecule has 0 aromatic heterocycles. The maximum atomic E-state index is 9.54. The topological polar surface area (TPSA) is 38.7 Å². The predicted octanol–water partition coefficient (Wildman–Crippen LogP) is 3.27. The van der Waals surface area contributed by atoms with Gasteiger partial charge in [0.05, 0.1) is 19.3 Å². The summed E-state index contributed by atoms with van der Waals surface area (Å²) in [6, 6.07) is 5.73. The SMILES string of the molecule is COc1cccc(/C=C(/C)C(C)O)c1OC(C)C. The summed E-state index contributed by atoms with van der Waals surface area (Å²) in [5, 5.41) is 9.54. The van der Waals surface area contributed by atoms with Crippen LogP contribution in [0.2, 0.25) is 0 Å². The smallest absolute Gasteiger partial charge is 0.168 e. The molecule has 3 heteroatoms. The lowest BCUT2D eigenvalue weighted by Crippen LogP contribution is -2.08. The largest absolute Gasteiger partial charge is 0.493 e. The summed E-state index contributed by atoms with van der Waals surface area (Å²) < 4.78 is 11.1. The Morgan fingerprint density at radius 3 is 2.44 bits per heavy atom. The summed E-state index contributed by atoms with van der Waals surface area (Å²) in [5.74, 6) is 1.42. The van der Waals surface area contributed by atoms with Crippen LogP contribution in [0.4, 0.5) is 0 Å². The Labute approximate surface area is 109 Å². The number of hydrogen-bond donors (Lipinski definition) is 1. The first-order chi connectivity index (χ1) is 8.45. The number of benzene rings is 1. The van der Waals surface area contributed by atoms with E-state index < -0.39 is 6.10 Å². The van der Waals surface area contributed by atoms with Crippen molar-refractivity contribution in [3.8, 4) is 11.5 Å². The van der Waals surface area contributed by atoms with Crippen molar-refractivity contribution in [1.29, 1.82) is 0 Å². The fourth-order valence-electron chi connectivity index (χ4n) is 1.53. The van der Waals surface area contributed by atoms with Crippen LogP contribution in [0, 0.1) is 0 Å². The van der Waals surface area contributed by atoms with Gasteiger partial charge in [0.25, 0.3) is 0 Å². The Morgan fingerprint density at radius 1 is 1.28 bits per heavy atom. The molecule has 1 aromatic carbocycles. The molecule has 0 spiro atoms. The Balaban J connectivity index is 3.21. The third-order valence-corrected chi connectivity index (χ3v) is 2.62. The molecule has 0 radical (unpaired) electrons. The Bertz CT molecular complexity index is 420. The molecule has 1 rings (SSSR count). The van der Waals surface area contributed by atoms with E-state index in [-0.39, 0.29) is 6.10 Å². The summed E-state index contributed by atoms with van der Waals surface area (Å²) in [6.07, 6.45) is 1.52. The first kappa shape index (κ1) is 14.6. The number of para-hydroxylation sites is 1. The molecule has 0 bridgehead atoms. The maximum absolute atomic E-state index is 9.54. The molecule has 0 aliphatic heterocycles. The van der Waals surface area contributed by atoms with Gasteiger partial charge in [-0.05, 0) is 45.4 Å². The van der Waals surface area contributed by atoms with E-state index in [1.54, 1.807) is 14.0 Å². The number of hydrogen-bond acceptors (Lipinski definition) is 3. The highest BCUT2D eigenvalue weighted by Gasteiger charge is 2.11. The molecule has 0 aliphatic carbocycles. The summed E-state index contributed by atoms with van der Waals surface area (Å²) in [5.41, 5.74) is 1.80. The van der Waals surface area contributed by atoms with Gasteiger partial charge in [-0.15, -0.1) is 0 Å². The quantitative estimate of drug-likeness (QED) is 0.871. The van der Waals surface area contributed by atoms with E-state index in [9.17, 15) is 5.11 Å². The van der Waals surface area contributed by atoms with Gasteiger partial charge >= 0.3 is 0 Å². The maximum Gasteiger partial charge on any atom is 0.168 e. The van der Waals surface area contributed by atoms with Gasteiger partial charge in [-0.25, -0.2) is 0 Å². The van der Waals surface area contributed by atoms with Crippen LogP contribution in [0.3, 0.4) is 0 Å². The third kappa shape index (κ3) is 3.77. The van der Waals surface area contributed by atoms with Crippen molar-refractivity contribution in [2.75, 3.05) is 7.11 Å². The molecule has 0 amide bonds. The van der Waals surface area contributed by atoms with Crippen LogP contribution >= 0.6 is 0 Å². The summed E-state index contributed by atoms with van der Waals surface area (Å²) in [4.78, 5) is 0. The molecule has 18 heavy (non-hydrogen) atoms.